The molecule has 0 radical (unpaired) electrons. The summed E-state index contributed by atoms with van der Waals surface area (Å²) in [6.07, 6.45) is 96.0. The predicted molar refractivity (Wildman–Crippen MR) is 366 cm³/mol. The molecule has 1 amide bonds. The number of allylic oxidation sites excluding steroid dienone is 19. The molecule has 484 valence electrons. The summed E-state index contributed by atoms with van der Waals surface area (Å²) in [5.74, 6) is -0.211. The fourth-order valence-corrected chi connectivity index (χ4v) is 10.5. The van der Waals surface area contributed by atoms with Crippen LogP contribution in [0.5, 0.6) is 0 Å². The van der Waals surface area contributed by atoms with Gasteiger partial charge in [-0.3, -0.25) is 9.36 Å². The molecule has 9 heteroatoms. The molecule has 0 aliphatic heterocycles. The Labute approximate surface area is 520 Å². The number of hydrogen-bond acceptors (Lipinski definition) is 6. The van der Waals surface area contributed by atoms with E-state index in [9.17, 15) is 19.4 Å². The van der Waals surface area contributed by atoms with E-state index in [4.69, 9.17) is 9.05 Å². The summed E-state index contributed by atoms with van der Waals surface area (Å²) in [5.41, 5.74) is 0. The van der Waals surface area contributed by atoms with Gasteiger partial charge in [-0.05, 0) is 96.3 Å². The lowest BCUT2D eigenvalue weighted by Crippen LogP contribution is -2.45. The van der Waals surface area contributed by atoms with Crippen molar-refractivity contribution in [2.75, 3.05) is 40.9 Å². The summed E-state index contributed by atoms with van der Waals surface area (Å²) < 4.78 is 23.4. The molecular weight excluding hydrogens is 1060 g/mol. The van der Waals surface area contributed by atoms with Crippen LogP contribution in [0.2, 0.25) is 0 Å². The quantitative estimate of drug-likeness (QED) is 0.0272. The van der Waals surface area contributed by atoms with E-state index in [2.05, 4.69) is 129 Å². The van der Waals surface area contributed by atoms with Crippen LogP contribution in [-0.2, 0) is 18.4 Å². The molecule has 0 heterocycles. The van der Waals surface area contributed by atoms with Gasteiger partial charge in [0.2, 0.25) is 5.91 Å². The number of hydrogen-bond donors (Lipinski definition) is 2. The van der Waals surface area contributed by atoms with Gasteiger partial charge in [-0.2, -0.15) is 0 Å². The number of amides is 1. The molecule has 0 saturated carbocycles. The van der Waals surface area contributed by atoms with Gasteiger partial charge in [0.1, 0.15) is 13.2 Å². The zero-order valence-electron chi connectivity index (χ0n) is 55.3. The SMILES string of the molecule is CC/C=C\C/C=C\C/C=C\C/C=C\C/C=C\C/C=C\C/C=C\C/C=C\CCCCCCCCCCCCCCC(=O)NC(COP(=O)([O-])OCC[N+](C)(C)C)C(O)/C=C/CC/C=C/CCCCCCCCCCCCCCCCCCCCC. The van der Waals surface area contributed by atoms with Crippen molar-refractivity contribution in [1.82, 2.24) is 5.32 Å². The molecule has 0 rings (SSSR count). The smallest absolute Gasteiger partial charge is 0.268 e. The molecule has 0 aliphatic carbocycles. The monoisotopic (exact) mass is 1190 g/mol. The standard InChI is InChI=1S/C75H133N2O6P/c1-6-8-10-12-14-16-18-20-22-24-26-28-30-32-33-34-35-36-37-38-39-40-41-42-43-45-47-49-51-53-55-57-59-61-63-65-67-69-75(79)76-73(72-83-84(80,81)82-71-70-77(3,4)5)74(78)68-66-64-62-60-58-56-54-52-50-48-46-44-31-29-27-25-23-21-19-17-15-13-11-9-7-2/h8,10,14,16,20,22,26,28,32-33,35-36,38-39,41-42,58,60,66,68,73-74,78H,6-7,9,11-13,15,17-19,21,23-25,27,29-31,34,37,40,43-57,59,61-65,67,69-72H2,1-5H3,(H-,76,79,80,81)/b10-8-,16-14-,22-20-,28-26-,33-32-,36-35-,39-38-,42-41-,60-58+,68-66+. The van der Waals surface area contributed by atoms with E-state index in [-0.39, 0.29) is 12.5 Å². The Balaban J connectivity index is 4.14. The van der Waals surface area contributed by atoms with E-state index < -0.39 is 26.6 Å². The molecule has 0 aromatic carbocycles. The Morgan fingerprint density at radius 1 is 0.429 bits per heavy atom. The van der Waals surface area contributed by atoms with Crippen molar-refractivity contribution >= 4 is 13.7 Å². The maximum absolute atomic E-state index is 13.0. The van der Waals surface area contributed by atoms with E-state index in [1.54, 1.807) is 6.08 Å². The minimum Gasteiger partial charge on any atom is -0.756 e. The van der Waals surface area contributed by atoms with Gasteiger partial charge in [0.05, 0.1) is 39.9 Å². The number of phosphoric acid groups is 1. The number of aliphatic hydroxyl groups is 1. The summed E-state index contributed by atoms with van der Waals surface area (Å²) >= 11 is 0. The molecule has 0 bridgehead atoms. The van der Waals surface area contributed by atoms with Gasteiger partial charge >= 0.3 is 0 Å². The number of unbranched alkanes of at least 4 members (excludes halogenated alkanes) is 32. The number of aliphatic hydroxyl groups excluding tert-OH is 1. The van der Waals surface area contributed by atoms with Crippen LogP contribution in [0, 0.1) is 0 Å². The van der Waals surface area contributed by atoms with Crippen LogP contribution in [0.15, 0.2) is 122 Å². The second-order valence-corrected chi connectivity index (χ2v) is 25.9. The van der Waals surface area contributed by atoms with Crippen LogP contribution in [-0.4, -0.2) is 68.5 Å². The Morgan fingerprint density at radius 2 is 0.738 bits per heavy atom. The Bertz CT molecular complexity index is 1780. The molecular formula is C75H133N2O6P. The maximum Gasteiger partial charge on any atom is 0.268 e. The third-order valence-corrected chi connectivity index (χ3v) is 16.1. The number of nitrogens with one attached hydrogen (secondary N) is 1. The third kappa shape index (κ3) is 66.4. The molecule has 0 aromatic rings. The van der Waals surface area contributed by atoms with Crippen molar-refractivity contribution in [3.05, 3.63) is 122 Å². The van der Waals surface area contributed by atoms with Crippen molar-refractivity contribution in [3.8, 4) is 0 Å². The number of rotatable bonds is 63. The summed E-state index contributed by atoms with van der Waals surface area (Å²) in [4.78, 5) is 25.6. The molecule has 8 nitrogen and oxygen atoms in total. The van der Waals surface area contributed by atoms with E-state index in [1.807, 2.05) is 27.2 Å². The normalized spacial score (nSPS) is 14.4. The first kappa shape index (κ1) is 80.9. The molecule has 0 saturated heterocycles. The lowest BCUT2D eigenvalue weighted by Gasteiger charge is -2.29. The molecule has 0 spiro atoms. The fraction of sp³-hybridized carbons (Fsp3) is 0.720. The lowest BCUT2D eigenvalue weighted by atomic mass is 10.0. The van der Waals surface area contributed by atoms with E-state index in [0.717, 1.165) is 89.9 Å². The highest BCUT2D eigenvalue weighted by atomic mass is 31.2. The summed E-state index contributed by atoms with van der Waals surface area (Å²) in [6, 6.07) is -0.914. The van der Waals surface area contributed by atoms with Crippen molar-refractivity contribution in [2.24, 2.45) is 0 Å². The first-order valence-electron chi connectivity index (χ1n) is 34.9. The van der Waals surface area contributed by atoms with Crippen LogP contribution < -0.4 is 10.2 Å². The van der Waals surface area contributed by atoms with Gasteiger partial charge in [-0.25, -0.2) is 0 Å². The van der Waals surface area contributed by atoms with Gasteiger partial charge in [-0.15, -0.1) is 0 Å². The number of likely N-dealkylation sites (N-methyl/N-ethyl adjacent to an activating group) is 1. The topological polar surface area (TPSA) is 108 Å². The highest BCUT2D eigenvalue weighted by Crippen LogP contribution is 2.38. The van der Waals surface area contributed by atoms with Gasteiger partial charge in [0.15, 0.2) is 0 Å². The van der Waals surface area contributed by atoms with Crippen molar-refractivity contribution in [3.63, 3.8) is 0 Å². The predicted octanol–water partition coefficient (Wildman–Crippen LogP) is 21.8. The molecule has 3 atom stereocenters. The van der Waals surface area contributed by atoms with Crippen LogP contribution in [0.3, 0.4) is 0 Å². The average Bonchev–Trinajstić information content (AvgIpc) is 3.56. The number of quaternary nitrogens is 1. The van der Waals surface area contributed by atoms with E-state index >= 15 is 0 Å². The first-order chi connectivity index (χ1) is 41.0. The van der Waals surface area contributed by atoms with Crippen LogP contribution in [0.25, 0.3) is 0 Å². The molecule has 0 aliphatic rings. The van der Waals surface area contributed by atoms with Gasteiger partial charge in [-0.1, -0.05) is 315 Å². The van der Waals surface area contributed by atoms with Crippen molar-refractivity contribution in [2.45, 2.75) is 309 Å². The Hall–Kier alpha value is -3.10. The van der Waals surface area contributed by atoms with E-state index in [1.165, 1.54) is 186 Å². The minimum atomic E-state index is -4.62. The van der Waals surface area contributed by atoms with Gasteiger partial charge < -0.3 is 28.8 Å². The lowest BCUT2D eigenvalue weighted by molar-refractivity contribution is -0.870. The number of carbonyl (C=O) groups excluding carboxylic acids is 1. The average molecular weight is 1190 g/mol. The molecule has 84 heavy (non-hydrogen) atoms. The number of nitrogens with zero attached hydrogens (tertiary/aromatic N) is 1. The maximum atomic E-state index is 13.0. The molecule has 3 unspecified atom stereocenters. The van der Waals surface area contributed by atoms with E-state index in [0.29, 0.717) is 17.4 Å². The van der Waals surface area contributed by atoms with Crippen LogP contribution in [0.4, 0.5) is 0 Å². The largest absolute Gasteiger partial charge is 0.756 e. The van der Waals surface area contributed by atoms with Crippen LogP contribution >= 0.6 is 7.82 Å². The zero-order chi connectivity index (χ0) is 61.2. The van der Waals surface area contributed by atoms with Crippen LogP contribution in [0.1, 0.15) is 296 Å². The Kier molecular flexibility index (Phi) is 62.0. The second kappa shape index (κ2) is 64.4. The molecule has 0 fully saturated rings. The van der Waals surface area contributed by atoms with Gasteiger partial charge in [0, 0.05) is 6.42 Å². The minimum absolute atomic E-state index is 0.0113. The summed E-state index contributed by atoms with van der Waals surface area (Å²) in [6.45, 7) is 4.53. The molecule has 2 N–H and O–H groups in total. The molecule has 0 aromatic heterocycles. The highest BCUT2D eigenvalue weighted by Gasteiger charge is 2.23. The Morgan fingerprint density at radius 3 is 1.11 bits per heavy atom. The van der Waals surface area contributed by atoms with Crippen molar-refractivity contribution < 1.29 is 32.9 Å². The zero-order valence-corrected chi connectivity index (χ0v) is 56.2. The third-order valence-electron chi connectivity index (χ3n) is 15.2. The fourth-order valence-electron chi connectivity index (χ4n) is 9.78. The van der Waals surface area contributed by atoms with Gasteiger partial charge in [0.25, 0.3) is 7.82 Å². The first-order valence-corrected chi connectivity index (χ1v) is 36.4. The highest BCUT2D eigenvalue weighted by molar-refractivity contribution is 7.45. The summed E-state index contributed by atoms with van der Waals surface area (Å²) in [7, 11) is 1.24. The number of carbonyl (C=O) groups is 1. The second-order valence-electron chi connectivity index (χ2n) is 24.5. The van der Waals surface area contributed by atoms with Crippen molar-refractivity contribution in [1.29, 1.82) is 0 Å². The summed E-state index contributed by atoms with van der Waals surface area (Å²) in [5, 5.41) is 13.9. The number of phosphoric ester groups is 1.